The summed E-state index contributed by atoms with van der Waals surface area (Å²) in [5.41, 5.74) is 2.72. The van der Waals surface area contributed by atoms with Crippen molar-refractivity contribution < 1.29 is 19.1 Å². The lowest BCUT2D eigenvalue weighted by molar-refractivity contribution is -0.154. The summed E-state index contributed by atoms with van der Waals surface area (Å²) in [5.74, 6) is -0.564. The first kappa shape index (κ1) is 19.7. The Morgan fingerprint density at radius 1 is 1.32 bits per heavy atom. The van der Waals surface area contributed by atoms with Gasteiger partial charge in [-0.15, -0.1) is 0 Å². The second kappa shape index (κ2) is 9.15. The summed E-state index contributed by atoms with van der Waals surface area (Å²) >= 11 is 1.49. The standard InChI is InChI=1S/C17H25N3O4S/c1-11-9-20(7-8-23-11)15(21)10-24-16(22)6-5-14-12(2)18-17(25-4)19-13(14)3/h11H,5-10H2,1-4H3. The fraction of sp³-hybridized carbons (Fsp3) is 0.647. The minimum atomic E-state index is -0.387. The number of nitrogens with zero attached hydrogens (tertiary/aromatic N) is 3. The first-order valence-electron chi connectivity index (χ1n) is 8.33. The molecule has 1 aromatic heterocycles. The lowest BCUT2D eigenvalue weighted by Crippen LogP contribution is -2.46. The summed E-state index contributed by atoms with van der Waals surface area (Å²) < 4.78 is 10.5. The van der Waals surface area contributed by atoms with Crippen molar-refractivity contribution >= 4 is 23.6 Å². The number of hydrogen-bond acceptors (Lipinski definition) is 7. The van der Waals surface area contributed by atoms with Gasteiger partial charge in [0.2, 0.25) is 0 Å². The van der Waals surface area contributed by atoms with Gasteiger partial charge < -0.3 is 14.4 Å². The number of amides is 1. The van der Waals surface area contributed by atoms with Crippen LogP contribution >= 0.6 is 11.8 Å². The molecule has 0 aliphatic carbocycles. The molecular weight excluding hydrogens is 342 g/mol. The molecule has 0 saturated carbocycles. The molecule has 1 unspecified atom stereocenters. The molecule has 0 spiro atoms. The lowest BCUT2D eigenvalue weighted by Gasteiger charge is -2.30. The average molecular weight is 367 g/mol. The Labute approximate surface area is 152 Å². The third-order valence-corrected chi connectivity index (χ3v) is 4.66. The van der Waals surface area contributed by atoms with Gasteiger partial charge in [-0.25, -0.2) is 9.97 Å². The summed E-state index contributed by atoms with van der Waals surface area (Å²) in [5, 5.41) is 0.728. The van der Waals surface area contributed by atoms with E-state index in [0.29, 0.717) is 26.1 Å². The molecule has 1 saturated heterocycles. The predicted molar refractivity (Wildman–Crippen MR) is 94.6 cm³/mol. The highest BCUT2D eigenvalue weighted by Gasteiger charge is 2.22. The summed E-state index contributed by atoms with van der Waals surface area (Å²) in [6.45, 7) is 7.12. The van der Waals surface area contributed by atoms with E-state index < -0.39 is 0 Å². The van der Waals surface area contributed by atoms with Crippen LogP contribution in [0.25, 0.3) is 0 Å². The Balaban J connectivity index is 1.80. The Morgan fingerprint density at radius 3 is 2.60 bits per heavy atom. The molecule has 25 heavy (non-hydrogen) atoms. The highest BCUT2D eigenvalue weighted by molar-refractivity contribution is 7.98. The second-order valence-corrected chi connectivity index (χ2v) is 6.81. The van der Waals surface area contributed by atoms with Crippen molar-refractivity contribution in [1.82, 2.24) is 14.9 Å². The molecular formula is C17H25N3O4S. The van der Waals surface area contributed by atoms with Crippen LogP contribution in [0.3, 0.4) is 0 Å². The van der Waals surface area contributed by atoms with E-state index in [9.17, 15) is 9.59 Å². The third kappa shape index (κ3) is 5.67. The number of ether oxygens (including phenoxy) is 2. The molecule has 1 fully saturated rings. The van der Waals surface area contributed by atoms with Crippen LogP contribution in [0.1, 0.15) is 30.3 Å². The number of aromatic nitrogens is 2. The van der Waals surface area contributed by atoms with Gasteiger partial charge in [0.1, 0.15) is 0 Å². The van der Waals surface area contributed by atoms with Crippen molar-refractivity contribution in [3.8, 4) is 0 Å². The van der Waals surface area contributed by atoms with Crippen LogP contribution in [0.4, 0.5) is 0 Å². The van der Waals surface area contributed by atoms with E-state index in [1.54, 1.807) is 4.90 Å². The molecule has 2 heterocycles. The van der Waals surface area contributed by atoms with Gasteiger partial charge in [0.05, 0.1) is 12.7 Å². The highest BCUT2D eigenvalue weighted by atomic mass is 32.2. The SMILES string of the molecule is CSc1nc(C)c(CCC(=O)OCC(=O)N2CCOC(C)C2)c(C)n1. The maximum atomic E-state index is 12.1. The van der Waals surface area contributed by atoms with Crippen LogP contribution in [0.2, 0.25) is 0 Å². The van der Waals surface area contributed by atoms with Crippen molar-refractivity contribution in [2.75, 3.05) is 32.6 Å². The quantitative estimate of drug-likeness (QED) is 0.428. The van der Waals surface area contributed by atoms with Crippen molar-refractivity contribution in [1.29, 1.82) is 0 Å². The number of carbonyl (C=O) groups excluding carboxylic acids is 2. The van der Waals surface area contributed by atoms with Crippen LogP contribution in [-0.2, 0) is 25.5 Å². The zero-order valence-corrected chi connectivity index (χ0v) is 16.0. The summed E-state index contributed by atoms with van der Waals surface area (Å²) in [7, 11) is 0. The molecule has 1 aliphatic rings. The van der Waals surface area contributed by atoms with E-state index in [0.717, 1.165) is 22.1 Å². The summed E-state index contributed by atoms with van der Waals surface area (Å²) in [6.07, 6.45) is 2.66. The Hall–Kier alpha value is -1.67. The number of hydrogen-bond donors (Lipinski definition) is 0. The van der Waals surface area contributed by atoms with E-state index in [1.807, 2.05) is 27.0 Å². The molecule has 1 amide bonds. The molecule has 2 rings (SSSR count). The minimum Gasteiger partial charge on any atom is -0.456 e. The first-order chi connectivity index (χ1) is 11.9. The van der Waals surface area contributed by atoms with Crippen LogP contribution in [-0.4, -0.2) is 65.4 Å². The molecule has 1 atom stereocenters. The lowest BCUT2D eigenvalue weighted by atomic mass is 10.1. The zero-order valence-electron chi connectivity index (χ0n) is 15.2. The number of aryl methyl sites for hydroxylation is 2. The normalized spacial score (nSPS) is 17.4. The van der Waals surface area contributed by atoms with Gasteiger partial charge >= 0.3 is 5.97 Å². The van der Waals surface area contributed by atoms with Crippen molar-refractivity contribution in [2.45, 2.75) is 44.9 Å². The van der Waals surface area contributed by atoms with E-state index in [1.165, 1.54) is 11.8 Å². The van der Waals surface area contributed by atoms with Gasteiger partial charge in [-0.05, 0) is 39.0 Å². The van der Waals surface area contributed by atoms with Crippen molar-refractivity contribution in [3.05, 3.63) is 17.0 Å². The molecule has 0 radical (unpaired) electrons. The van der Waals surface area contributed by atoms with Gasteiger partial charge in [0.25, 0.3) is 5.91 Å². The number of rotatable bonds is 6. The predicted octanol–water partition coefficient (Wildman–Crippen LogP) is 1.54. The van der Waals surface area contributed by atoms with Gasteiger partial charge in [-0.1, -0.05) is 11.8 Å². The van der Waals surface area contributed by atoms with Gasteiger partial charge in [-0.2, -0.15) is 0 Å². The van der Waals surface area contributed by atoms with Crippen LogP contribution in [0, 0.1) is 13.8 Å². The van der Waals surface area contributed by atoms with Crippen molar-refractivity contribution in [2.24, 2.45) is 0 Å². The Morgan fingerprint density at radius 2 is 2.00 bits per heavy atom. The van der Waals surface area contributed by atoms with Gasteiger partial charge in [-0.3, -0.25) is 9.59 Å². The van der Waals surface area contributed by atoms with Crippen LogP contribution < -0.4 is 0 Å². The number of carbonyl (C=O) groups is 2. The fourth-order valence-electron chi connectivity index (χ4n) is 2.74. The maximum Gasteiger partial charge on any atom is 0.306 e. The largest absolute Gasteiger partial charge is 0.456 e. The maximum absolute atomic E-state index is 12.1. The molecule has 7 nitrogen and oxygen atoms in total. The molecule has 138 valence electrons. The number of esters is 1. The average Bonchev–Trinajstić information content (AvgIpc) is 2.58. The molecule has 0 bridgehead atoms. The Kier molecular flexibility index (Phi) is 7.19. The number of morpholine rings is 1. The van der Waals surface area contributed by atoms with Crippen LogP contribution in [0.5, 0.6) is 0 Å². The summed E-state index contributed by atoms with van der Waals surface area (Å²) in [6, 6.07) is 0. The van der Waals surface area contributed by atoms with E-state index in [2.05, 4.69) is 9.97 Å². The molecule has 1 aromatic rings. The van der Waals surface area contributed by atoms with Gasteiger partial charge in [0.15, 0.2) is 11.8 Å². The molecule has 1 aliphatic heterocycles. The minimum absolute atomic E-state index is 0.0172. The highest BCUT2D eigenvalue weighted by Crippen LogP contribution is 2.17. The smallest absolute Gasteiger partial charge is 0.306 e. The summed E-state index contributed by atoms with van der Waals surface area (Å²) in [4.78, 5) is 34.5. The van der Waals surface area contributed by atoms with E-state index >= 15 is 0 Å². The van der Waals surface area contributed by atoms with E-state index in [4.69, 9.17) is 9.47 Å². The van der Waals surface area contributed by atoms with Gasteiger partial charge in [0, 0.05) is 30.9 Å². The number of thioether (sulfide) groups is 1. The fourth-order valence-corrected chi connectivity index (χ4v) is 3.20. The topological polar surface area (TPSA) is 81.6 Å². The molecule has 0 N–H and O–H groups in total. The van der Waals surface area contributed by atoms with Crippen molar-refractivity contribution in [3.63, 3.8) is 0 Å². The monoisotopic (exact) mass is 367 g/mol. The van der Waals surface area contributed by atoms with Crippen LogP contribution in [0.15, 0.2) is 5.16 Å². The Bertz CT molecular complexity index is 615. The molecule has 8 heteroatoms. The third-order valence-electron chi connectivity index (χ3n) is 4.11. The molecule has 0 aromatic carbocycles. The van der Waals surface area contributed by atoms with E-state index in [-0.39, 0.29) is 31.0 Å². The first-order valence-corrected chi connectivity index (χ1v) is 9.56. The zero-order chi connectivity index (χ0) is 18.4. The second-order valence-electron chi connectivity index (χ2n) is 6.04.